The van der Waals surface area contributed by atoms with Crippen LogP contribution in [0.1, 0.15) is 0 Å². The van der Waals surface area contributed by atoms with E-state index >= 15 is 0 Å². The Labute approximate surface area is 211 Å². The van der Waals surface area contributed by atoms with Crippen molar-refractivity contribution >= 4 is 27.3 Å². The average Bonchev–Trinajstić information content (AvgIpc) is 2.89. The molecule has 0 radical (unpaired) electrons. The van der Waals surface area contributed by atoms with Crippen LogP contribution in [0, 0.1) is 0 Å². The number of sulfonamides is 1. The van der Waals surface area contributed by atoms with Crippen molar-refractivity contribution in [2.45, 2.75) is 4.90 Å². The number of benzene rings is 2. The van der Waals surface area contributed by atoms with Gasteiger partial charge >= 0.3 is 0 Å². The van der Waals surface area contributed by atoms with Crippen LogP contribution in [0.2, 0.25) is 0 Å². The lowest BCUT2D eigenvalue weighted by atomic mass is 9.96. The summed E-state index contributed by atoms with van der Waals surface area (Å²) in [6.07, 6.45) is 3.41. The third kappa shape index (κ3) is 4.94. The van der Waals surface area contributed by atoms with Gasteiger partial charge in [0.1, 0.15) is 11.6 Å². The fraction of sp³-hybridized carbons (Fsp3) is 0.185. The monoisotopic (exact) mass is 500 g/mol. The van der Waals surface area contributed by atoms with Crippen LogP contribution in [0.15, 0.2) is 90.1 Å². The first-order valence-corrected chi connectivity index (χ1v) is 13.2. The van der Waals surface area contributed by atoms with Crippen LogP contribution in [-0.4, -0.2) is 60.8 Å². The van der Waals surface area contributed by atoms with E-state index in [2.05, 4.69) is 20.2 Å². The minimum atomic E-state index is -3.56. The molecule has 0 spiro atoms. The molecule has 2 aromatic carbocycles. The standard InChI is InChI=1S/C27H28N6O2S/c1-32-15-17-33(18-16-32)36(34,35)23-9-7-20(8-10-23)26-24(21-11-13-29-25(28)19-21)12-14-30-27(26)31-22-5-3-2-4-6-22/h2-14,19H,15-18H2,1H3,(H2,28,29)(H,30,31). The zero-order chi connectivity index (χ0) is 25.1. The number of nitrogens with two attached hydrogens (primary N) is 1. The second-order valence-corrected chi connectivity index (χ2v) is 10.7. The van der Waals surface area contributed by atoms with Crippen molar-refractivity contribution in [1.82, 2.24) is 19.2 Å². The molecular weight excluding hydrogens is 472 g/mol. The van der Waals surface area contributed by atoms with Gasteiger partial charge in [0.15, 0.2) is 0 Å². The SMILES string of the molecule is CN1CCN(S(=O)(=O)c2ccc(-c3c(-c4ccnc(N)c4)ccnc3Nc3ccccc3)cc2)CC1. The first-order chi connectivity index (χ1) is 17.4. The Morgan fingerprint density at radius 1 is 0.833 bits per heavy atom. The highest BCUT2D eigenvalue weighted by Crippen LogP contribution is 2.38. The lowest BCUT2D eigenvalue weighted by molar-refractivity contribution is 0.222. The highest BCUT2D eigenvalue weighted by Gasteiger charge is 2.27. The molecule has 1 fully saturated rings. The number of aromatic nitrogens is 2. The van der Waals surface area contributed by atoms with Gasteiger partial charge in [-0.15, -0.1) is 0 Å². The topological polar surface area (TPSA) is 104 Å². The molecule has 3 heterocycles. The lowest BCUT2D eigenvalue weighted by Gasteiger charge is -2.31. The molecule has 5 rings (SSSR count). The van der Waals surface area contributed by atoms with Crippen LogP contribution in [0.4, 0.5) is 17.3 Å². The number of nitrogen functional groups attached to an aromatic ring is 1. The summed E-state index contributed by atoms with van der Waals surface area (Å²) in [5.41, 5.74) is 10.4. The van der Waals surface area contributed by atoms with Gasteiger partial charge in [-0.2, -0.15) is 4.31 Å². The predicted molar refractivity (Wildman–Crippen MR) is 143 cm³/mol. The van der Waals surface area contributed by atoms with Crippen molar-refractivity contribution in [2.75, 3.05) is 44.3 Å². The normalized spacial score (nSPS) is 15.0. The maximum Gasteiger partial charge on any atom is 0.243 e. The van der Waals surface area contributed by atoms with Crippen LogP contribution in [-0.2, 0) is 10.0 Å². The number of hydrogen-bond acceptors (Lipinski definition) is 7. The molecule has 0 saturated carbocycles. The Morgan fingerprint density at radius 3 is 2.22 bits per heavy atom. The second-order valence-electron chi connectivity index (χ2n) is 8.77. The molecule has 1 aliphatic heterocycles. The number of likely N-dealkylation sites (N-methyl/N-ethyl adjacent to an activating group) is 1. The van der Waals surface area contributed by atoms with E-state index in [1.807, 2.05) is 67.7 Å². The van der Waals surface area contributed by atoms with Crippen LogP contribution >= 0.6 is 0 Å². The molecule has 4 aromatic rings. The Kier molecular flexibility index (Phi) is 6.69. The quantitative estimate of drug-likeness (QED) is 0.411. The summed E-state index contributed by atoms with van der Waals surface area (Å²) in [6, 6.07) is 22.5. The van der Waals surface area contributed by atoms with Crippen LogP contribution in [0.5, 0.6) is 0 Å². The number of piperazine rings is 1. The summed E-state index contributed by atoms with van der Waals surface area (Å²) in [7, 11) is -1.56. The van der Waals surface area contributed by atoms with Gasteiger partial charge < -0.3 is 16.0 Å². The number of hydrogen-bond donors (Lipinski definition) is 2. The summed E-state index contributed by atoms with van der Waals surface area (Å²) in [4.78, 5) is 11.2. The van der Waals surface area contributed by atoms with Crippen molar-refractivity contribution in [1.29, 1.82) is 0 Å². The van der Waals surface area contributed by atoms with Gasteiger partial charge in [0.25, 0.3) is 0 Å². The highest BCUT2D eigenvalue weighted by atomic mass is 32.2. The second kappa shape index (κ2) is 10.1. The fourth-order valence-electron chi connectivity index (χ4n) is 4.33. The minimum absolute atomic E-state index is 0.284. The molecular formula is C27H28N6O2S. The van der Waals surface area contributed by atoms with Gasteiger partial charge in [-0.3, -0.25) is 0 Å². The average molecular weight is 501 g/mol. The number of pyridine rings is 2. The Hall–Kier alpha value is -3.79. The third-order valence-corrected chi connectivity index (χ3v) is 8.24. The van der Waals surface area contributed by atoms with Gasteiger partial charge in [0, 0.05) is 49.8 Å². The largest absolute Gasteiger partial charge is 0.384 e. The summed E-state index contributed by atoms with van der Waals surface area (Å²) >= 11 is 0. The maximum absolute atomic E-state index is 13.2. The van der Waals surface area contributed by atoms with Gasteiger partial charge in [-0.1, -0.05) is 30.3 Å². The Balaban J connectivity index is 1.57. The van der Waals surface area contributed by atoms with Crippen molar-refractivity contribution in [2.24, 2.45) is 0 Å². The van der Waals surface area contributed by atoms with Crippen molar-refractivity contribution in [3.8, 4) is 22.3 Å². The number of nitrogens with zero attached hydrogens (tertiary/aromatic N) is 4. The van der Waals surface area contributed by atoms with E-state index in [9.17, 15) is 8.42 Å². The smallest absolute Gasteiger partial charge is 0.243 e. The molecule has 36 heavy (non-hydrogen) atoms. The maximum atomic E-state index is 13.2. The summed E-state index contributed by atoms with van der Waals surface area (Å²) in [5, 5.41) is 3.41. The number of rotatable bonds is 6. The Morgan fingerprint density at radius 2 is 1.53 bits per heavy atom. The lowest BCUT2D eigenvalue weighted by Crippen LogP contribution is -2.46. The van der Waals surface area contributed by atoms with E-state index in [0.717, 1.165) is 41.0 Å². The molecule has 0 amide bonds. The van der Waals surface area contributed by atoms with E-state index in [0.29, 0.717) is 24.7 Å². The number of anilines is 3. The first kappa shape index (κ1) is 23.9. The molecule has 0 bridgehead atoms. The summed E-state index contributed by atoms with van der Waals surface area (Å²) < 4.78 is 28.0. The third-order valence-electron chi connectivity index (χ3n) is 6.32. The van der Waals surface area contributed by atoms with E-state index in [1.54, 1.807) is 28.8 Å². The van der Waals surface area contributed by atoms with Gasteiger partial charge in [0.05, 0.1) is 4.90 Å². The molecule has 3 N–H and O–H groups in total. The molecule has 9 heteroatoms. The van der Waals surface area contributed by atoms with Crippen molar-refractivity contribution in [3.63, 3.8) is 0 Å². The highest BCUT2D eigenvalue weighted by molar-refractivity contribution is 7.89. The Bertz CT molecular complexity index is 1450. The fourth-order valence-corrected chi connectivity index (χ4v) is 5.76. The minimum Gasteiger partial charge on any atom is -0.384 e. The van der Waals surface area contributed by atoms with E-state index in [4.69, 9.17) is 5.73 Å². The van der Waals surface area contributed by atoms with E-state index in [1.165, 1.54) is 0 Å². The molecule has 0 aliphatic carbocycles. The van der Waals surface area contributed by atoms with Crippen LogP contribution in [0.25, 0.3) is 22.3 Å². The number of nitrogens with one attached hydrogen (secondary N) is 1. The van der Waals surface area contributed by atoms with Crippen molar-refractivity contribution in [3.05, 3.63) is 85.2 Å². The predicted octanol–water partition coefficient (Wildman–Crippen LogP) is 4.07. The number of para-hydroxylation sites is 1. The molecule has 0 atom stereocenters. The molecule has 1 saturated heterocycles. The first-order valence-electron chi connectivity index (χ1n) is 11.7. The van der Waals surface area contributed by atoms with Crippen LogP contribution in [0.3, 0.4) is 0 Å². The molecule has 1 aliphatic rings. The summed E-state index contributed by atoms with van der Waals surface area (Å²) in [6.45, 7) is 2.42. The summed E-state index contributed by atoms with van der Waals surface area (Å²) in [5.74, 6) is 1.07. The zero-order valence-corrected chi connectivity index (χ0v) is 20.8. The van der Waals surface area contributed by atoms with E-state index < -0.39 is 10.0 Å². The van der Waals surface area contributed by atoms with Crippen LogP contribution < -0.4 is 11.1 Å². The molecule has 2 aromatic heterocycles. The van der Waals surface area contributed by atoms with Gasteiger partial charge in [0.2, 0.25) is 10.0 Å². The zero-order valence-electron chi connectivity index (χ0n) is 20.0. The van der Waals surface area contributed by atoms with Crippen molar-refractivity contribution < 1.29 is 8.42 Å². The molecule has 0 unspecified atom stereocenters. The van der Waals surface area contributed by atoms with E-state index in [-0.39, 0.29) is 4.90 Å². The molecule has 184 valence electrons. The van der Waals surface area contributed by atoms with Gasteiger partial charge in [-0.05, 0) is 66.2 Å². The molecule has 8 nitrogen and oxygen atoms in total. The van der Waals surface area contributed by atoms with Gasteiger partial charge in [-0.25, -0.2) is 18.4 Å².